The topological polar surface area (TPSA) is 29.1 Å². The second kappa shape index (κ2) is 6.00. The fraction of sp³-hybridized carbons (Fsp3) is 1.00. The number of hydrogen-bond acceptors (Lipinski definition) is 2. The number of nitrogens with one attached hydrogen (secondary N) is 1. The fourth-order valence-corrected chi connectivity index (χ4v) is 4.42. The van der Waals surface area contributed by atoms with Gasteiger partial charge in [0.15, 0.2) is 0 Å². The lowest BCUT2D eigenvalue weighted by Gasteiger charge is -2.35. The van der Waals surface area contributed by atoms with Gasteiger partial charge in [0.2, 0.25) is 0 Å². The first-order chi connectivity index (χ1) is 7.10. The molecule has 0 heterocycles. The minimum absolute atomic E-state index is 0.344. The Morgan fingerprint density at radius 2 is 2.13 bits per heavy atom. The first-order valence-electron chi connectivity index (χ1n) is 6.16. The third-order valence-corrected chi connectivity index (χ3v) is 5.94. The standard InChI is InChI=1S/C12H25NOS/c1-5-10(3)15(14)12-8-9(2)6-7-11(12)13-4/h9-13H,5-8H2,1-4H3. The quantitative estimate of drug-likeness (QED) is 0.804. The maximum atomic E-state index is 12.3. The van der Waals surface area contributed by atoms with Crippen molar-refractivity contribution >= 4 is 10.8 Å². The molecule has 90 valence electrons. The maximum absolute atomic E-state index is 12.3. The van der Waals surface area contributed by atoms with Crippen LogP contribution < -0.4 is 5.32 Å². The SMILES string of the molecule is CCC(C)S(=O)C1CC(C)CCC1NC. The van der Waals surface area contributed by atoms with Crippen LogP contribution in [0.1, 0.15) is 46.5 Å². The molecule has 3 heteroatoms. The summed E-state index contributed by atoms with van der Waals surface area (Å²) in [6.45, 7) is 6.53. The molecule has 0 radical (unpaired) electrons. The molecule has 0 aliphatic heterocycles. The Balaban J connectivity index is 2.66. The van der Waals surface area contributed by atoms with E-state index >= 15 is 0 Å². The summed E-state index contributed by atoms with van der Waals surface area (Å²) in [5.41, 5.74) is 0. The number of hydrogen-bond donors (Lipinski definition) is 1. The Labute approximate surface area is 96.7 Å². The predicted molar refractivity (Wildman–Crippen MR) is 67.5 cm³/mol. The molecule has 0 amide bonds. The van der Waals surface area contributed by atoms with E-state index in [1.807, 2.05) is 7.05 Å². The molecule has 1 aliphatic rings. The van der Waals surface area contributed by atoms with Gasteiger partial charge in [-0.25, -0.2) is 0 Å². The van der Waals surface area contributed by atoms with Crippen molar-refractivity contribution < 1.29 is 4.21 Å². The van der Waals surface area contributed by atoms with Crippen LogP contribution in [0.15, 0.2) is 0 Å². The summed E-state index contributed by atoms with van der Waals surface area (Å²) in [6.07, 6.45) is 4.61. The summed E-state index contributed by atoms with van der Waals surface area (Å²) in [6, 6.07) is 0.469. The molecule has 2 nitrogen and oxygen atoms in total. The summed E-state index contributed by atoms with van der Waals surface area (Å²) < 4.78 is 12.3. The minimum Gasteiger partial charge on any atom is -0.316 e. The molecule has 1 saturated carbocycles. The average Bonchev–Trinajstić information content (AvgIpc) is 2.27. The van der Waals surface area contributed by atoms with Crippen LogP contribution in [-0.4, -0.2) is 27.8 Å². The van der Waals surface area contributed by atoms with Gasteiger partial charge in [0.05, 0.1) is 5.25 Å². The van der Waals surface area contributed by atoms with E-state index in [-0.39, 0.29) is 0 Å². The van der Waals surface area contributed by atoms with Crippen LogP contribution in [0.2, 0.25) is 0 Å². The number of rotatable bonds is 4. The van der Waals surface area contributed by atoms with E-state index < -0.39 is 10.8 Å². The summed E-state index contributed by atoms with van der Waals surface area (Å²) in [7, 11) is 1.34. The Hall–Kier alpha value is 0.110. The average molecular weight is 231 g/mol. The van der Waals surface area contributed by atoms with Crippen LogP contribution in [0.25, 0.3) is 0 Å². The molecule has 5 atom stereocenters. The van der Waals surface area contributed by atoms with Gasteiger partial charge in [-0.3, -0.25) is 4.21 Å². The second-order valence-electron chi connectivity index (χ2n) is 4.90. The first kappa shape index (κ1) is 13.2. The summed E-state index contributed by atoms with van der Waals surface area (Å²) in [5.74, 6) is 0.743. The van der Waals surface area contributed by atoms with Gasteiger partial charge < -0.3 is 5.32 Å². The molecule has 5 unspecified atom stereocenters. The van der Waals surface area contributed by atoms with E-state index in [1.54, 1.807) is 0 Å². The van der Waals surface area contributed by atoms with Crippen molar-refractivity contribution in [3.63, 3.8) is 0 Å². The van der Waals surface area contributed by atoms with Crippen molar-refractivity contribution in [1.82, 2.24) is 5.32 Å². The van der Waals surface area contributed by atoms with E-state index in [2.05, 4.69) is 26.1 Å². The smallest absolute Gasteiger partial charge is 0.0506 e. The Morgan fingerprint density at radius 1 is 1.47 bits per heavy atom. The van der Waals surface area contributed by atoms with E-state index in [1.165, 1.54) is 12.8 Å². The largest absolute Gasteiger partial charge is 0.316 e. The third-order valence-electron chi connectivity index (χ3n) is 3.69. The fourth-order valence-electron chi connectivity index (χ4n) is 2.38. The third kappa shape index (κ3) is 3.28. The van der Waals surface area contributed by atoms with Gasteiger partial charge >= 0.3 is 0 Å². The monoisotopic (exact) mass is 231 g/mol. The molecule has 1 N–H and O–H groups in total. The van der Waals surface area contributed by atoms with Crippen LogP contribution in [-0.2, 0) is 10.8 Å². The molecule has 15 heavy (non-hydrogen) atoms. The van der Waals surface area contributed by atoms with E-state index in [0.29, 0.717) is 16.5 Å². The van der Waals surface area contributed by atoms with E-state index in [0.717, 1.165) is 18.8 Å². The molecule has 0 spiro atoms. The molecule has 0 aromatic rings. The molecular formula is C12H25NOS. The lowest BCUT2D eigenvalue weighted by atomic mass is 9.87. The summed E-state index contributed by atoms with van der Waals surface area (Å²) in [5, 5.41) is 4.05. The van der Waals surface area contributed by atoms with Crippen LogP contribution in [0, 0.1) is 5.92 Å². The molecule has 0 aromatic carbocycles. The summed E-state index contributed by atoms with van der Waals surface area (Å²) in [4.78, 5) is 0. The van der Waals surface area contributed by atoms with Crippen LogP contribution in [0.3, 0.4) is 0 Å². The van der Waals surface area contributed by atoms with E-state index in [4.69, 9.17) is 0 Å². The van der Waals surface area contributed by atoms with Crippen molar-refractivity contribution in [1.29, 1.82) is 0 Å². The van der Waals surface area contributed by atoms with Gasteiger partial charge in [0, 0.05) is 22.1 Å². The molecule has 0 aromatic heterocycles. The van der Waals surface area contributed by atoms with Gasteiger partial charge in [-0.2, -0.15) is 0 Å². The van der Waals surface area contributed by atoms with Gasteiger partial charge in [-0.15, -0.1) is 0 Å². The summed E-state index contributed by atoms with van der Waals surface area (Å²) >= 11 is 0. The second-order valence-corrected chi connectivity index (χ2v) is 6.97. The van der Waals surface area contributed by atoms with Crippen molar-refractivity contribution in [3.8, 4) is 0 Å². The minimum atomic E-state index is -0.664. The van der Waals surface area contributed by atoms with Crippen molar-refractivity contribution in [2.75, 3.05) is 7.05 Å². The Kier molecular flexibility index (Phi) is 5.27. The van der Waals surface area contributed by atoms with Crippen LogP contribution in [0.5, 0.6) is 0 Å². The highest BCUT2D eigenvalue weighted by Gasteiger charge is 2.33. The zero-order chi connectivity index (χ0) is 11.4. The Bertz CT molecular complexity index is 220. The van der Waals surface area contributed by atoms with E-state index in [9.17, 15) is 4.21 Å². The van der Waals surface area contributed by atoms with Crippen LogP contribution in [0.4, 0.5) is 0 Å². The van der Waals surface area contributed by atoms with Crippen molar-refractivity contribution in [2.24, 2.45) is 5.92 Å². The normalized spacial score (nSPS) is 36.1. The lowest BCUT2D eigenvalue weighted by molar-refractivity contribution is 0.324. The van der Waals surface area contributed by atoms with Crippen molar-refractivity contribution in [2.45, 2.75) is 63.0 Å². The zero-order valence-corrected chi connectivity index (χ0v) is 11.3. The zero-order valence-electron chi connectivity index (χ0n) is 10.5. The lowest BCUT2D eigenvalue weighted by Crippen LogP contribution is -2.46. The highest BCUT2D eigenvalue weighted by molar-refractivity contribution is 7.86. The molecule has 0 bridgehead atoms. The van der Waals surface area contributed by atoms with Gasteiger partial charge in [0.25, 0.3) is 0 Å². The predicted octanol–water partition coefficient (Wildman–Crippen LogP) is 2.31. The Morgan fingerprint density at radius 3 is 2.67 bits per heavy atom. The first-order valence-corrected chi connectivity index (χ1v) is 7.44. The van der Waals surface area contributed by atoms with Gasteiger partial charge in [0.1, 0.15) is 0 Å². The van der Waals surface area contributed by atoms with Gasteiger partial charge in [-0.05, 0) is 38.6 Å². The molecule has 1 aliphatic carbocycles. The van der Waals surface area contributed by atoms with Gasteiger partial charge in [-0.1, -0.05) is 20.8 Å². The van der Waals surface area contributed by atoms with Crippen molar-refractivity contribution in [3.05, 3.63) is 0 Å². The molecule has 1 fully saturated rings. The highest BCUT2D eigenvalue weighted by Crippen LogP contribution is 2.29. The molecule has 1 rings (SSSR count). The molecular weight excluding hydrogens is 206 g/mol. The maximum Gasteiger partial charge on any atom is 0.0506 e. The molecule has 0 saturated heterocycles. The highest BCUT2D eigenvalue weighted by atomic mass is 32.2. The van der Waals surface area contributed by atoms with Crippen LogP contribution >= 0.6 is 0 Å².